The summed E-state index contributed by atoms with van der Waals surface area (Å²) >= 11 is 0. The van der Waals surface area contributed by atoms with Gasteiger partial charge in [0.1, 0.15) is 6.04 Å². The van der Waals surface area contributed by atoms with Crippen LogP contribution in [0.5, 0.6) is 0 Å². The molecule has 2 atom stereocenters. The van der Waals surface area contributed by atoms with Crippen molar-refractivity contribution in [3.63, 3.8) is 0 Å². The molecule has 3 N–H and O–H groups in total. The van der Waals surface area contributed by atoms with E-state index in [0.717, 1.165) is 27.7 Å². The minimum atomic E-state index is -0.698. The van der Waals surface area contributed by atoms with Gasteiger partial charge in [-0.3, -0.25) is 4.79 Å². The molecule has 32 heavy (non-hydrogen) atoms. The number of carbonyl (C=O) groups excluding carboxylic acids is 1. The lowest BCUT2D eigenvalue weighted by atomic mass is 9.91. The summed E-state index contributed by atoms with van der Waals surface area (Å²) in [6, 6.07) is 7.31. The van der Waals surface area contributed by atoms with Gasteiger partial charge in [-0.2, -0.15) is 0 Å². The number of aromatic nitrogens is 1. The van der Waals surface area contributed by atoms with E-state index in [0.29, 0.717) is 6.42 Å². The largest absolute Gasteiger partial charge is 0.468 e. The molecule has 0 bridgehead atoms. The zero-order valence-corrected chi connectivity index (χ0v) is 20.5. The molecule has 0 aliphatic carbocycles. The average molecular weight is 443 g/mol. The van der Waals surface area contributed by atoms with E-state index in [1.54, 1.807) is 12.2 Å². The molecule has 2 unspecified atom stereocenters. The quantitative estimate of drug-likeness (QED) is 0.265. The highest BCUT2D eigenvalue weighted by Gasteiger charge is 2.23. The van der Waals surface area contributed by atoms with Crippen LogP contribution in [0.4, 0.5) is 0 Å². The second-order valence-corrected chi connectivity index (χ2v) is 6.13. The van der Waals surface area contributed by atoms with Gasteiger partial charge < -0.3 is 15.5 Å². The fourth-order valence-electron chi connectivity index (χ4n) is 2.96. The SMILES string of the molecule is C.C=C/C=C(\C=C)C(C)c1[nH]c2ccccc2c1CC(N)C(=O)OC.C=CC.CC.CC. The van der Waals surface area contributed by atoms with Gasteiger partial charge in [-0.15, -0.1) is 6.58 Å². The molecule has 0 radical (unpaired) electrons. The molecule has 4 heteroatoms. The number of fused-ring (bicyclic) bond motifs is 1. The van der Waals surface area contributed by atoms with Crippen molar-refractivity contribution >= 4 is 16.9 Å². The molecule has 2 aromatic rings. The number of ether oxygens (including phenoxy) is 1. The third-order valence-corrected chi connectivity index (χ3v) is 4.25. The number of allylic oxidation sites excluding steroid dienone is 5. The van der Waals surface area contributed by atoms with Crippen LogP contribution in [-0.2, 0) is 16.0 Å². The van der Waals surface area contributed by atoms with Crippen LogP contribution < -0.4 is 5.73 Å². The molecule has 0 saturated carbocycles. The Morgan fingerprint density at radius 1 is 1.16 bits per heavy atom. The van der Waals surface area contributed by atoms with E-state index in [9.17, 15) is 4.79 Å². The van der Waals surface area contributed by atoms with Crippen molar-refractivity contribution in [1.29, 1.82) is 0 Å². The van der Waals surface area contributed by atoms with Crippen molar-refractivity contribution in [3.8, 4) is 0 Å². The van der Waals surface area contributed by atoms with Gasteiger partial charge in [-0.05, 0) is 24.1 Å². The smallest absolute Gasteiger partial charge is 0.322 e. The number of nitrogens with two attached hydrogens (primary N) is 1. The maximum atomic E-state index is 11.7. The second-order valence-electron chi connectivity index (χ2n) is 6.13. The lowest BCUT2D eigenvalue weighted by molar-refractivity contribution is -0.142. The van der Waals surface area contributed by atoms with Crippen LogP contribution in [0, 0.1) is 0 Å². The van der Waals surface area contributed by atoms with Gasteiger partial charge in [0, 0.05) is 28.9 Å². The molecule has 0 saturated heterocycles. The highest BCUT2D eigenvalue weighted by molar-refractivity contribution is 5.86. The minimum Gasteiger partial charge on any atom is -0.468 e. The van der Waals surface area contributed by atoms with Crippen molar-refractivity contribution in [2.75, 3.05) is 7.11 Å². The summed E-state index contributed by atoms with van der Waals surface area (Å²) in [7, 11) is 1.35. The number of benzene rings is 1. The van der Waals surface area contributed by atoms with Gasteiger partial charge in [-0.25, -0.2) is 0 Å². The molecular weight excluding hydrogens is 396 g/mol. The molecule has 2 rings (SSSR count). The van der Waals surface area contributed by atoms with Gasteiger partial charge in [-0.1, -0.05) is 97.7 Å². The number of aromatic amines is 1. The predicted molar refractivity (Wildman–Crippen MR) is 144 cm³/mol. The number of esters is 1. The minimum absolute atomic E-state index is 0. The first-order valence-electron chi connectivity index (χ1n) is 10.9. The van der Waals surface area contributed by atoms with E-state index >= 15 is 0 Å². The summed E-state index contributed by atoms with van der Waals surface area (Å²) in [5, 5.41) is 1.07. The Hall–Kier alpha value is -2.85. The Labute approximate surface area is 197 Å². The third-order valence-electron chi connectivity index (χ3n) is 4.25. The zero-order valence-electron chi connectivity index (χ0n) is 20.5. The molecule has 4 nitrogen and oxygen atoms in total. The monoisotopic (exact) mass is 442 g/mol. The average Bonchev–Trinajstić information content (AvgIpc) is 3.18. The summed E-state index contributed by atoms with van der Waals surface area (Å²) in [4.78, 5) is 15.2. The first-order chi connectivity index (χ1) is 14.9. The van der Waals surface area contributed by atoms with Crippen LogP contribution in [-0.4, -0.2) is 24.1 Å². The van der Waals surface area contributed by atoms with Crippen molar-refractivity contribution in [2.24, 2.45) is 5.73 Å². The normalized spacial score (nSPS) is 11.4. The Bertz CT molecular complexity index is 831. The zero-order chi connectivity index (χ0) is 24.4. The molecule has 0 aliphatic rings. The van der Waals surface area contributed by atoms with Gasteiger partial charge in [0.05, 0.1) is 7.11 Å². The van der Waals surface area contributed by atoms with Crippen molar-refractivity contribution < 1.29 is 9.53 Å². The molecular formula is C28H46N2O2. The van der Waals surface area contributed by atoms with Gasteiger partial charge in [0.2, 0.25) is 0 Å². The molecule has 1 heterocycles. The van der Waals surface area contributed by atoms with Gasteiger partial charge in [0.15, 0.2) is 0 Å². The third kappa shape index (κ3) is 9.97. The van der Waals surface area contributed by atoms with Crippen LogP contribution in [0.2, 0.25) is 0 Å². The number of H-pyrrole nitrogens is 1. The molecule has 1 aromatic carbocycles. The Balaban J connectivity index is -0.000000946. The van der Waals surface area contributed by atoms with E-state index in [1.807, 2.05) is 71.0 Å². The van der Waals surface area contributed by atoms with Crippen molar-refractivity contribution in [3.05, 3.63) is 85.1 Å². The van der Waals surface area contributed by atoms with Crippen LogP contribution >= 0.6 is 0 Å². The predicted octanol–water partition coefficient (Wildman–Crippen LogP) is 7.49. The second kappa shape index (κ2) is 20.1. The molecule has 0 amide bonds. The summed E-state index contributed by atoms with van der Waals surface area (Å²) < 4.78 is 4.77. The molecule has 0 spiro atoms. The van der Waals surface area contributed by atoms with Crippen LogP contribution in [0.25, 0.3) is 10.9 Å². The lowest BCUT2D eigenvalue weighted by Crippen LogP contribution is -2.34. The standard InChI is InChI=1S/C20H24N2O2.C3H6.2C2H6.CH4/c1-5-9-14(6-2)13(3)19-16(12-17(21)20(23)24-4)15-10-7-8-11-18(15)22-19;1-3-2;2*1-2;/h5-11,13,17,22H,1-2,12,21H2,3-4H3;3H,1H2,2H3;2*1-2H3;1H4/b14-9+;;;;. The summed E-state index contributed by atoms with van der Waals surface area (Å²) in [6.45, 7) is 23.0. The van der Waals surface area contributed by atoms with Crippen molar-refractivity contribution in [2.45, 2.75) is 67.3 Å². The van der Waals surface area contributed by atoms with E-state index in [4.69, 9.17) is 10.5 Å². The highest BCUT2D eigenvalue weighted by atomic mass is 16.5. The summed E-state index contributed by atoms with van der Waals surface area (Å²) in [6.07, 6.45) is 7.67. The number of methoxy groups -OCH3 is 1. The lowest BCUT2D eigenvalue weighted by Gasteiger charge is -2.16. The summed E-state index contributed by atoms with van der Waals surface area (Å²) in [5.74, 6) is -0.336. The van der Waals surface area contributed by atoms with Gasteiger partial charge >= 0.3 is 5.97 Å². The summed E-state index contributed by atoms with van der Waals surface area (Å²) in [5.41, 5.74) is 10.1. The number of hydrogen-bond donors (Lipinski definition) is 2. The number of para-hydroxylation sites is 1. The maximum Gasteiger partial charge on any atom is 0.322 e. The first kappa shape index (κ1) is 33.8. The first-order valence-corrected chi connectivity index (χ1v) is 10.9. The van der Waals surface area contributed by atoms with Crippen molar-refractivity contribution in [1.82, 2.24) is 4.98 Å². The molecule has 0 aliphatic heterocycles. The van der Waals surface area contributed by atoms with Crippen LogP contribution in [0.15, 0.2) is 73.9 Å². The topological polar surface area (TPSA) is 68.1 Å². The van der Waals surface area contributed by atoms with Gasteiger partial charge in [0.25, 0.3) is 0 Å². The van der Waals surface area contributed by atoms with E-state index in [2.05, 4.69) is 31.6 Å². The van der Waals surface area contributed by atoms with E-state index < -0.39 is 12.0 Å². The number of carbonyl (C=O) groups is 1. The van der Waals surface area contributed by atoms with Crippen LogP contribution in [0.1, 0.15) is 66.1 Å². The molecule has 1 aromatic heterocycles. The Kier molecular flexibility index (Phi) is 21.2. The number of hydrogen-bond acceptors (Lipinski definition) is 3. The maximum absolute atomic E-state index is 11.7. The van der Waals surface area contributed by atoms with Crippen LogP contribution in [0.3, 0.4) is 0 Å². The highest BCUT2D eigenvalue weighted by Crippen LogP contribution is 2.33. The van der Waals surface area contributed by atoms with E-state index in [1.165, 1.54) is 7.11 Å². The number of nitrogens with one attached hydrogen (secondary N) is 1. The Morgan fingerprint density at radius 2 is 1.69 bits per heavy atom. The fourth-order valence-corrected chi connectivity index (χ4v) is 2.96. The van der Waals surface area contributed by atoms with E-state index in [-0.39, 0.29) is 13.3 Å². The molecule has 0 fully saturated rings. The fraction of sp³-hybridized carbons (Fsp3) is 0.393. The molecule has 180 valence electrons. The number of rotatable bonds is 7. The Morgan fingerprint density at radius 3 is 2.16 bits per heavy atom.